The van der Waals surface area contributed by atoms with E-state index in [4.69, 9.17) is 9.47 Å². The van der Waals surface area contributed by atoms with E-state index < -0.39 is 0 Å². The quantitative estimate of drug-likeness (QED) is 0.566. The zero-order valence-electron chi connectivity index (χ0n) is 16.8. The lowest BCUT2D eigenvalue weighted by Gasteiger charge is -2.26. The van der Waals surface area contributed by atoms with E-state index in [-0.39, 0.29) is 0 Å². The molecule has 0 unspecified atom stereocenters. The molecule has 2 aromatic carbocycles. The molecule has 0 saturated carbocycles. The molecule has 148 valence electrons. The van der Waals surface area contributed by atoms with Gasteiger partial charge < -0.3 is 9.47 Å². The summed E-state index contributed by atoms with van der Waals surface area (Å²) in [5, 5.41) is 0. The van der Waals surface area contributed by atoms with Crippen molar-refractivity contribution in [2.45, 2.75) is 13.0 Å². The van der Waals surface area contributed by atoms with Crippen LogP contribution in [0.15, 0.2) is 78.6 Å². The van der Waals surface area contributed by atoms with E-state index >= 15 is 0 Å². The molecule has 0 N–H and O–H groups in total. The van der Waals surface area contributed by atoms with Crippen molar-refractivity contribution in [1.29, 1.82) is 0 Å². The summed E-state index contributed by atoms with van der Waals surface area (Å²) in [7, 11) is 1.69. The Morgan fingerprint density at radius 1 is 0.966 bits per heavy atom. The van der Waals surface area contributed by atoms with Crippen LogP contribution in [0.5, 0.6) is 11.5 Å². The SMILES string of the molecule is COc1ccc2c(c1)C=C(CN(CCc1ccccc1)Cc1ccncc1)CO2. The second-order valence-electron chi connectivity index (χ2n) is 7.30. The maximum Gasteiger partial charge on any atom is 0.127 e. The van der Waals surface area contributed by atoms with E-state index in [0.29, 0.717) is 6.61 Å². The lowest BCUT2D eigenvalue weighted by Crippen LogP contribution is -2.30. The van der Waals surface area contributed by atoms with Gasteiger partial charge in [0.15, 0.2) is 0 Å². The molecule has 0 spiro atoms. The topological polar surface area (TPSA) is 34.6 Å². The highest BCUT2D eigenvalue weighted by molar-refractivity contribution is 5.64. The third-order valence-corrected chi connectivity index (χ3v) is 5.13. The van der Waals surface area contributed by atoms with Crippen LogP contribution < -0.4 is 9.47 Å². The third-order valence-electron chi connectivity index (χ3n) is 5.13. The molecule has 0 saturated heterocycles. The smallest absolute Gasteiger partial charge is 0.127 e. The highest BCUT2D eigenvalue weighted by atomic mass is 16.5. The second kappa shape index (κ2) is 9.39. The number of ether oxygens (including phenoxy) is 2. The molecule has 4 heteroatoms. The maximum absolute atomic E-state index is 5.99. The standard InChI is InChI=1S/C25H26N2O2/c1-28-24-7-8-25-23(16-24)15-22(19-29-25)18-27(17-21-9-12-26-13-10-21)14-11-20-5-3-2-4-6-20/h2-10,12-13,15-16H,11,14,17-19H2,1H3. The van der Waals surface area contributed by atoms with Crippen LogP contribution in [0.4, 0.5) is 0 Å². The Balaban J connectivity index is 1.50. The van der Waals surface area contributed by atoms with Gasteiger partial charge in [-0.3, -0.25) is 9.88 Å². The van der Waals surface area contributed by atoms with Crippen LogP contribution in [0.25, 0.3) is 6.08 Å². The van der Waals surface area contributed by atoms with Gasteiger partial charge in [-0.2, -0.15) is 0 Å². The van der Waals surface area contributed by atoms with Crippen LogP contribution >= 0.6 is 0 Å². The number of hydrogen-bond donors (Lipinski definition) is 0. The first-order valence-electron chi connectivity index (χ1n) is 9.95. The normalized spacial score (nSPS) is 12.8. The third kappa shape index (κ3) is 5.24. The van der Waals surface area contributed by atoms with Gasteiger partial charge >= 0.3 is 0 Å². The van der Waals surface area contributed by atoms with Crippen molar-refractivity contribution in [2.24, 2.45) is 0 Å². The number of methoxy groups -OCH3 is 1. The Morgan fingerprint density at radius 2 is 1.79 bits per heavy atom. The molecule has 0 bridgehead atoms. The van der Waals surface area contributed by atoms with Crippen molar-refractivity contribution in [3.05, 3.63) is 95.3 Å². The van der Waals surface area contributed by atoms with Gasteiger partial charge in [0.2, 0.25) is 0 Å². The second-order valence-corrected chi connectivity index (χ2v) is 7.30. The number of hydrogen-bond acceptors (Lipinski definition) is 4. The summed E-state index contributed by atoms with van der Waals surface area (Å²) in [5.74, 6) is 1.77. The minimum absolute atomic E-state index is 0.623. The van der Waals surface area contributed by atoms with Gasteiger partial charge in [-0.25, -0.2) is 0 Å². The molecule has 0 radical (unpaired) electrons. The fraction of sp³-hybridized carbons (Fsp3) is 0.240. The monoisotopic (exact) mass is 386 g/mol. The largest absolute Gasteiger partial charge is 0.497 e. The van der Waals surface area contributed by atoms with E-state index in [1.165, 1.54) is 16.7 Å². The number of aromatic nitrogens is 1. The highest BCUT2D eigenvalue weighted by Gasteiger charge is 2.16. The van der Waals surface area contributed by atoms with Gasteiger partial charge in [0.05, 0.1) is 7.11 Å². The predicted octanol–water partition coefficient (Wildman–Crippen LogP) is 4.61. The van der Waals surface area contributed by atoms with Crippen molar-refractivity contribution in [3.8, 4) is 11.5 Å². The van der Waals surface area contributed by atoms with Crippen molar-refractivity contribution in [3.63, 3.8) is 0 Å². The molecule has 0 aliphatic carbocycles. The average molecular weight is 386 g/mol. The maximum atomic E-state index is 5.99. The highest BCUT2D eigenvalue weighted by Crippen LogP contribution is 2.30. The first-order chi connectivity index (χ1) is 14.3. The van der Waals surface area contributed by atoms with Crippen LogP contribution in [0.1, 0.15) is 16.7 Å². The summed E-state index contributed by atoms with van der Waals surface area (Å²) >= 11 is 0. The molecule has 2 heterocycles. The number of fused-ring (bicyclic) bond motifs is 1. The molecule has 0 fully saturated rings. The summed E-state index contributed by atoms with van der Waals surface area (Å²) in [4.78, 5) is 6.62. The number of nitrogens with zero attached hydrogens (tertiary/aromatic N) is 2. The molecule has 4 rings (SSSR count). The first kappa shape index (κ1) is 19.2. The molecule has 0 amide bonds. The number of rotatable bonds is 8. The molecule has 1 aliphatic rings. The van der Waals surface area contributed by atoms with Gasteiger partial charge in [-0.05, 0) is 59.5 Å². The van der Waals surface area contributed by atoms with E-state index in [0.717, 1.165) is 43.1 Å². The average Bonchev–Trinajstić information content (AvgIpc) is 2.78. The molecule has 29 heavy (non-hydrogen) atoms. The Morgan fingerprint density at radius 3 is 2.59 bits per heavy atom. The van der Waals surface area contributed by atoms with Crippen LogP contribution in [0.2, 0.25) is 0 Å². The van der Waals surface area contributed by atoms with Gasteiger partial charge in [0.25, 0.3) is 0 Å². The van der Waals surface area contributed by atoms with Crippen LogP contribution in [-0.4, -0.2) is 36.7 Å². The minimum Gasteiger partial charge on any atom is -0.497 e. The van der Waals surface area contributed by atoms with E-state index in [1.807, 2.05) is 30.6 Å². The molecule has 1 aromatic heterocycles. The molecule has 0 atom stereocenters. The summed E-state index contributed by atoms with van der Waals surface area (Å²) in [5.41, 5.74) is 4.98. The van der Waals surface area contributed by atoms with Crippen molar-refractivity contribution in [1.82, 2.24) is 9.88 Å². The lowest BCUT2D eigenvalue weighted by atomic mass is 10.1. The van der Waals surface area contributed by atoms with Gasteiger partial charge in [-0.1, -0.05) is 30.3 Å². The number of pyridine rings is 1. The molecule has 3 aromatic rings. The zero-order chi connectivity index (χ0) is 19.9. The van der Waals surface area contributed by atoms with Gasteiger partial charge in [0, 0.05) is 37.6 Å². The van der Waals surface area contributed by atoms with Gasteiger partial charge in [-0.15, -0.1) is 0 Å². The molecular weight excluding hydrogens is 360 g/mol. The fourth-order valence-electron chi connectivity index (χ4n) is 3.60. The Labute approximate surface area is 172 Å². The molecule has 4 nitrogen and oxygen atoms in total. The predicted molar refractivity (Wildman–Crippen MR) is 116 cm³/mol. The van der Waals surface area contributed by atoms with E-state index in [1.54, 1.807) is 7.11 Å². The minimum atomic E-state index is 0.623. The lowest BCUT2D eigenvalue weighted by molar-refractivity contribution is 0.269. The molecule has 1 aliphatic heterocycles. The summed E-state index contributed by atoms with van der Waals surface area (Å²) in [6, 6.07) is 20.8. The van der Waals surface area contributed by atoms with E-state index in [2.05, 4.69) is 58.4 Å². The zero-order valence-corrected chi connectivity index (χ0v) is 16.8. The van der Waals surface area contributed by atoms with Crippen LogP contribution in [0, 0.1) is 0 Å². The summed E-state index contributed by atoms with van der Waals surface area (Å²) < 4.78 is 11.4. The van der Waals surface area contributed by atoms with Gasteiger partial charge in [0.1, 0.15) is 18.1 Å². The van der Waals surface area contributed by atoms with Crippen molar-refractivity contribution < 1.29 is 9.47 Å². The van der Waals surface area contributed by atoms with Crippen molar-refractivity contribution >= 4 is 6.08 Å². The van der Waals surface area contributed by atoms with Crippen LogP contribution in [-0.2, 0) is 13.0 Å². The Bertz CT molecular complexity index is 955. The Kier molecular flexibility index (Phi) is 6.22. The Hall–Kier alpha value is -3.11. The number of benzene rings is 2. The summed E-state index contributed by atoms with van der Waals surface area (Å²) in [6.45, 7) is 3.36. The van der Waals surface area contributed by atoms with Crippen molar-refractivity contribution in [2.75, 3.05) is 26.8 Å². The first-order valence-corrected chi connectivity index (χ1v) is 9.95. The van der Waals surface area contributed by atoms with E-state index in [9.17, 15) is 0 Å². The van der Waals surface area contributed by atoms with Crippen LogP contribution in [0.3, 0.4) is 0 Å². The molecular formula is C25H26N2O2. The summed E-state index contributed by atoms with van der Waals surface area (Å²) in [6.07, 6.45) is 6.97. The fourth-order valence-corrected chi connectivity index (χ4v) is 3.60.